The summed E-state index contributed by atoms with van der Waals surface area (Å²) in [7, 11) is -3.63. The van der Waals surface area contributed by atoms with Crippen molar-refractivity contribution >= 4 is 9.84 Å². The highest BCUT2D eigenvalue weighted by atomic mass is 32.2. The van der Waals surface area contributed by atoms with Gasteiger partial charge in [0.1, 0.15) is 5.75 Å². The van der Waals surface area contributed by atoms with E-state index in [1.807, 2.05) is 30.3 Å². The van der Waals surface area contributed by atoms with Crippen molar-refractivity contribution in [3.05, 3.63) is 90.0 Å². The molecule has 0 aliphatic carbocycles. The molecule has 0 amide bonds. The summed E-state index contributed by atoms with van der Waals surface area (Å²) in [6, 6.07) is 22.0. The molecule has 3 aromatic rings. The highest BCUT2D eigenvalue weighted by molar-refractivity contribution is 7.91. The van der Waals surface area contributed by atoms with Gasteiger partial charge in [0.15, 0.2) is 0 Å². The fourth-order valence-corrected chi connectivity index (χ4v) is 4.17. The minimum Gasteiger partial charge on any atom is -0.508 e. The number of nitrogens with one attached hydrogen (secondary N) is 1. The molecule has 0 aliphatic rings. The Hall–Kier alpha value is -2.67. The van der Waals surface area contributed by atoms with Crippen molar-refractivity contribution in [2.24, 2.45) is 0 Å². The molecule has 0 saturated carbocycles. The number of rotatable bonds is 8. The Bertz CT molecular complexity index is 985. The molecule has 0 saturated heterocycles. The standard InChI is InChI=1S/C22H23NO4S/c24-16-19(23-15-18-4-2-1-3-5-18)14-17-6-10-21(11-7-17)28(26,27)22-12-8-20(25)9-13-22/h1-13,19,23-25H,14-16H2. The lowest BCUT2D eigenvalue weighted by molar-refractivity contribution is 0.241. The molecule has 1 unspecified atom stereocenters. The van der Waals surface area contributed by atoms with Crippen LogP contribution in [0.25, 0.3) is 0 Å². The first-order chi connectivity index (χ1) is 13.5. The third-order valence-corrected chi connectivity index (χ3v) is 6.31. The molecule has 0 bridgehead atoms. The molecule has 0 fully saturated rings. The van der Waals surface area contributed by atoms with Crippen molar-refractivity contribution in [3.8, 4) is 5.75 Å². The first kappa shape index (κ1) is 20.1. The maximum absolute atomic E-state index is 12.7. The number of sulfone groups is 1. The highest BCUT2D eigenvalue weighted by Gasteiger charge is 2.18. The van der Waals surface area contributed by atoms with Crippen molar-refractivity contribution in [2.45, 2.75) is 28.8 Å². The second-order valence-electron chi connectivity index (χ2n) is 6.59. The van der Waals surface area contributed by atoms with Gasteiger partial charge >= 0.3 is 0 Å². The smallest absolute Gasteiger partial charge is 0.206 e. The molecule has 3 N–H and O–H groups in total. The zero-order valence-corrected chi connectivity index (χ0v) is 16.1. The largest absolute Gasteiger partial charge is 0.508 e. The summed E-state index contributed by atoms with van der Waals surface area (Å²) in [5.41, 5.74) is 2.07. The topological polar surface area (TPSA) is 86.6 Å². The third kappa shape index (κ3) is 4.98. The van der Waals surface area contributed by atoms with Gasteiger partial charge in [0.05, 0.1) is 16.4 Å². The lowest BCUT2D eigenvalue weighted by atomic mass is 10.1. The van der Waals surface area contributed by atoms with Gasteiger partial charge in [-0.15, -0.1) is 0 Å². The number of phenolic OH excluding ortho intramolecular Hbond substituents is 1. The molecule has 6 heteroatoms. The number of aromatic hydroxyl groups is 1. The van der Waals surface area contributed by atoms with Crippen LogP contribution in [0.4, 0.5) is 0 Å². The minimum atomic E-state index is -3.63. The molecule has 0 heterocycles. The van der Waals surface area contributed by atoms with E-state index in [4.69, 9.17) is 0 Å². The van der Waals surface area contributed by atoms with Crippen molar-refractivity contribution in [1.82, 2.24) is 5.32 Å². The van der Waals surface area contributed by atoms with Gasteiger partial charge in [-0.05, 0) is 53.9 Å². The summed E-state index contributed by atoms with van der Waals surface area (Å²) < 4.78 is 25.3. The van der Waals surface area contributed by atoms with Crippen LogP contribution in [0.15, 0.2) is 88.7 Å². The van der Waals surface area contributed by atoms with E-state index in [1.54, 1.807) is 24.3 Å². The van der Waals surface area contributed by atoms with E-state index >= 15 is 0 Å². The highest BCUT2D eigenvalue weighted by Crippen LogP contribution is 2.23. The molecule has 1 atom stereocenters. The van der Waals surface area contributed by atoms with Crippen LogP contribution in [0.1, 0.15) is 11.1 Å². The van der Waals surface area contributed by atoms with Crippen molar-refractivity contribution in [1.29, 1.82) is 0 Å². The first-order valence-electron chi connectivity index (χ1n) is 9.00. The van der Waals surface area contributed by atoms with E-state index in [9.17, 15) is 18.6 Å². The second-order valence-corrected chi connectivity index (χ2v) is 8.54. The van der Waals surface area contributed by atoms with E-state index < -0.39 is 9.84 Å². The molecule has 0 spiro atoms. The van der Waals surface area contributed by atoms with E-state index in [0.717, 1.165) is 11.1 Å². The summed E-state index contributed by atoms with van der Waals surface area (Å²) in [4.78, 5) is 0.329. The summed E-state index contributed by atoms with van der Waals surface area (Å²) >= 11 is 0. The number of benzene rings is 3. The number of hydrogen-bond acceptors (Lipinski definition) is 5. The first-order valence-corrected chi connectivity index (χ1v) is 10.5. The predicted octanol–water partition coefficient (Wildman–Crippen LogP) is 2.92. The summed E-state index contributed by atoms with van der Waals surface area (Å²) in [5, 5.41) is 22.3. The lowest BCUT2D eigenvalue weighted by Crippen LogP contribution is -2.34. The Morgan fingerprint density at radius 3 is 1.93 bits per heavy atom. The Morgan fingerprint density at radius 2 is 1.36 bits per heavy atom. The van der Waals surface area contributed by atoms with Crippen LogP contribution < -0.4 is 5.32 Å². The zero-order valence-electron chi connectivity index (χ0n) is 15.3. The fourth-order valence-electron chi connectivity index (χ4n) is 2.91. The second kappa shape index (κ2) is 9.01. The van der Waals surface area contributed by atoms with Crippen LogP contribution in [0.2, 0.25) is 0 Å². The SMILES string of the molecule is O=S(=O)(c1ccc(O)cc1)c1ccc(CC(CO)NCc2ccccc2)cc1. The molecule has 28 heavy (non-hydrogen) atoms. The van der Waals surface area contributed by atoms with Gasteiger partial charge < -0.3 is 15.5 Å². The molecule has 0 radical (unpaired) electrons. The molecule has 5 nitrogen and oxygen atoms in total. The number of phenols is 1. The van der Waals surface area contributed by atoms with Crippen molar-refractivity contribution in [2.75, 3.05) is 6.61 Å². The van der Waals surface area contributed by atoms with Gasteiger partial charge in [-0.2, -0.15) is 0 Å². The minimum absolute atomic E-state index is 0.0135. The maximum atomic E-state index is 12.7. The normalized spacial score (nSPS) is 12.6. The molecule has 0 aliphatic heterocycles. The van der Waals surface area contributed by atoms with E-state index in [-0.39, 0.29) is 28.2 Å². The third-order valence-electron chi connectivity index (χ3n) is 4.52. The van der Waals surface area contributed by atoms with Gasteiger partial charge in [0.25, 0.3) is 0 Å². The Balaban J connectivity index is 1.66. The van der Waals surface area contributed by atoms with Crippen molar-refractivity contribution in [3.63, 3.8) is 0 Å². The molecular weight excluding hydrogens is 374 g/mol. The Labute approximate surface area is 165 Å². The Morgan fingerprint density at radius 1 is 0.786 bits per heavy atom. The monoisotopic (exact) mass is 397 g/mol. The van der Waals surface area contributed by atoms with Gasteiger partial charge in [-0.1, -0.05) is 42.5 Å². The summed E-state index contributed by atoms with van der Waals surface area (Å²) in [6.07, 6.45) is 0.586. The van der Waals surface area contributed by atoms with Gasteiger partial charge in [0, 0.05) is 12.6 Å². The lowest BCUT2D eigenvalue weighted by Gasteiger charge is -2.17. The molecule has 3 aromatic carbocycles. The molecule has 0 aromatic heterocycles. The quantitative estimate of drug-likeness (QED) is 0.544. The maximum Gasteiger partial charge on any atom is 0.206 e. The number of hydrogen-bond donors (Lipinski definition) is 3. The van der Waals surface area contributed by atoms with Gasteiger partial charge in [0.2, 0.25) is 9.84 Å². The van der Waals surface area contributed by atoms with Crippen LogP contribution in [0.3, 0.4) is 0 Å². The molecule has 146 valence electrons. The van der Waals surface area contributed by atoms with E-state index in [2.05, 4.69) is 5.32 Å². The fraction of sp³-hybridized carbons (Fsp3) is 0.182. The van der Waals surface area contributed by atoms with Crippen LogP contribution in [-0.2, 0) is 22.8 Å². The van der Waals surface area contributed by atoms with E-state index in [0.29, 0.717) is 13.0 Å². The summed E-state index contributed by atoms with van der Waals surface area (Å²) in [6.45, 7) is 0.639. The zero-order chi connectivity index (χ0) is 20.0. The average molecular weight is 397 g/mol. The predicted molar refractivity (Wildman–Crippen MR) is 108 cm³/mol. The molecular formula is C22H23NO4S. The number of aliphatic hydroxyl groups is 1. The number of aliphatic hydroxyl groups excluding tert-OH is 1. The summed E-state index contributed by atoms with van der Waals surface area (Å²) in [5.74, 6) is 0.0207. The molecule has 3 rings (SSSR count). The van der Waals surface area contributed by atoms with E-state index in [1.165, 1.54) is 24.3 Å². The van der Waals surface area contributed by atoms with Crippen LogP contribution in [-0.4, -0.2) is 31.3 Å². The average Bonchev–Trinajstić information content (AvgIpc) is 2.72. The van der Waals surface area contributed by atoms with Gasteiger partial charge in [-0.3, -0.25) is 0 Å². The van der Waals surface area contributed by atoms with Crippen LogP contribution in [0.5, 0.6) is 5.75 Å². The van der Waals surface area contributed by atoms with Crippen LogP contribution in [0, 0.1) is 0 Å². The van der Waals surface area contributed by atoms with Crippen LogP contribution >= 0.6 is 0 Å². The van der Waals surface area contributed by atoms with Gasteiger partial charge in [-0.25, -0.2) is 8.42 Å². The van der Waals surface area contributed by atoms with Crippen molar-refractivity contribution < 1.29 is 18.6 Å². The Kier molecular flexibility index (Phi) is 6.46.